The molecule has 1 atom stereocenters. The number of carbonyl (C=O) groups excluding carboxylic acids is 2. The zero-order chi connectivity index (χ0) is 17.8. The first-order chi connectivity index (χ1) is 12.0. The molecule has 130 valence electrons. The second kappa shape index (κ2) is 7.42. The van der Waals surface area contributed by atoms with Gasteiger partial charge in [-0.2, -0.15) is 5.10 Å². The van der Waals surface area contributed by atoms with E-state index in [2.05, 4.69) is 20.4 Å². The lowest BCUT2D eigenvalue weighted by Gasteiger charge is -2.33. The van der Waals surface area contributed by atoms with E-state index in [1.807, 2.05) is 25.1 Å². The van der Waals surface area contributed by atoms with Crippen molar-refractivity contribution in [2.75, 3.05) is 18.0 Å². The Morgan fingerprint density at radius 3 is 2.84 bits per heavy atom. The smallest absolute Gasteiger partial charge is 0.251 e. The molecule has 0 bridgehead atoms. The SMILES string of the molecule is CC(=O)c1cc(C(=O)N[C@H]2CCCN(c3cccnn3)C2)ccc1C. The third-order valence-electron chi connectivity index (χ3n) is 4.52. The van der Waals surface area contributed by atoms with Crippen LogP contribution in [0.4, 0.5) is 5.82 Å². The summed E-state index contributed by atoms with van der Waals surface area (Å²) < 4.78 is 0. The van der Waals surface area contributed by atoms with Crippen LogP contribution in [0.25, 0.3) is 0 Å². The summed E-state index contributed by atoms with van der Waals surface area (Å²) in [5.74, 6) is 0.655. The number of anilines is 1. The Labute approximate surface area is 147 Å². The molecule has 6 heteroatoms. The predicted octanol–water partition coefficient (Wildman–Crippen LogP) is 2.39. The summed E-state index contributed by atoms with van der Waals surface area (Å²) in [4.78, 5) is 26.4. The van der Waals surface area contributed by atoms with Crippen LogP contribution in [-0.2, 0) is 0 Å². The number of nitrogens with one attached hydrogen (secondary N) is 1. The van der Waals surface area contributed by atoms with Crippen LogP contribution in [0.2, 0.25) is 0 Å². The van der Waals surface area contributed by atoms with Crippen molar-refractivity contribution in [2.24, 2.45) is 0 Å². The van der Waals surface area contributed by atoms with Crippen LogP contribution in [0.15, 0.2) is 36.5 Å². The lowest BCUT2D eigenvalue weighted by molar-refractivity contribution is 0.0933. The van der Waals surface area contributed by atoms with Crippen LogP contribution in [-0.4, -0.2) is 41.0 Å². The zero-order valence-corrected chi connectivity index (χ0v) is 14.5. The number of hydrogen-bond donors (Lipinski definition) is 1. The van der Waals surface area contributed by atoms with Gasteiger partial charge in [0.25, 0.3) is 5.91 Å². The highest BCUT2D eigenvalue weighted by Crippen LogP contribution is 2.18. The van der Waals surface area contributed by atoms with E-state index in [0.717, 1.165) is 30.8 Å². The molecule has 1 aliphatic heterocycles. The lowest BCUT2D eigenvalue weighted by atomic mass is 10.0. The number of nitrogens with zero attached hydrogens (tertiary/aromatic N) is 3. The average molecular weight is 338 g/mol. The van der Waals surface area contributed by atoms with Crippen molar-refractivity contribution in [3.63, 3.8) is 0 Å². The number of hydrogen-bond acceptors (Lipinski definition) is 5. The van der Waals surface area contributed by atoms with Crippen molar-refractivity contribution in [3.05, 3.63) is 53.2 Å². The first-order valence-electron chi connectivity index (χ1n) is 8.49. The zero-order valence-electron chi connectivity index (χ0n) is 14.5. The van der Waals surface area contributed by atoms with Gasteiger partial charge in [0.2, 0.25) is 0 Å². The van der Waals surface area contributed by atoms with Gasteiger partial charge in [-0.25, -0.2) is 0 Å². The van der Waals surface area contributed by atoms with E-state index >= 15 is 0 Å². The lowest BCUT2D eigenvalue weighted by Crippen LogP contribution is -2.48. The number of aromatic nitrogens is 2. The molecule has 1 saturated heterocycles. The molecule has 2 aromatic rings. The van der Waals surface area contributed by atoms with Crippen molar-refractivity contribution in [3.8, 4) is 0 Å². The normalized spacial score (nSPS) is 17.2. The molecule has 1 fully saturated rings. The molecule has 0 saturated carbocycles. The minimum atomic E-state index is -0.145. The van der Waals surface area contributed by atoms with Gasteiger partial charge in [0.15, 0.2) is 11.6 Å². The third-order valence-corrected chi connectivity index (χ3v) is 4.52. The fraction of sp³-hybridized carbons (Fsp3) is 0.368. The van der Waals surface area contributed by atoms with Gasteiger partial charge in [-0.3, -0.25) is 9.59 Å². The van der Waals surface area contributed by atoms with E-state index in [0.29, 0.717) is 17.7 Å². The minimum Gasteiger partial charge on any atom is -0.353 e. The van der Waals surface area contributed by atoms with Gasteiger partial charge < -0.3 is 10.2 Å². The predicted molar refractivity (Wildman–Crippen MR) is 95.9 cm³/mol. The summed E-state index contributed by atoms with van der Waals surface area (Å²) in [6.45, 7) is 5.00. The second-order valence-corrected chi connectivity index (χ2v) is 6.43. The summed E-state index contributed by atoms with van der Waals surface area (Å²) in [5.41, 5.74) is 2.00. The summed E-state index contributed by atoms with van der Waals surface area (Å²) in [5, 5.41) is 11.1. The maximum Gasteiger partial charge on any atom is 0.251 e. The molecule has 0 spiro atoms. The van der Waals surface area contributed by atoms with Gasteiger partial charge in [-0.05, 0) is 56.5 Å². The molecule has 2 heterocycles. The summed E-state index contributed by atoms with van der Waals surface area (Å²) >= 11 is 0. The van der Waals surface area contributed by atoms with E-state index in [1.54, 1.807) is 18.3 Å². The number of Topliss-reactive ketones (excluding diaryl/α,β-unsaturated/α-hetero) is 1. The van der Waals surface area contributed by atoms with Crippen LogP contribution in [0.3, 0.4) is 0 Å². The molecule has 0 unspecified atom stereocenters. The van der Waals surface area contributed by atoms with Gasteiger partial charge in [0.05, 0.1) is 0 Å². The van der Waals surface area contributed by atoms with E-state index in [4.69, 9.17) is 0 Å². The third kappa shape index (κ3) is 4.02. The number of piperidine rings is 1. The van der Waals surface area contributed by atoms with Gasteiger partial charge in [-0.15, -0.1) is 5.10 Å². The Kier molecular flexibility index (Phi) is 5.07. The first-order valence-corrected chi connectivity index (χ1v) is 8.49. The van der Waals surface area contributed by atoms with Crippen LogP contribution in [0.5, 0.6) is 0 Å². The first kappa shape index (κ1) is 17.1. The fourth-order valence-corrected chi connectivity index (χ4v) is 3.18. The maximum absolute atomic E-state index is 12.6. The minimum absolute atomic E-state index is 0.0290. The van der Waals surface area contributed by atoms with Crippen molar-refractivity contribution >= 4 is 17.5 Å². The number of rotatable bonds is 4. The Morgan fingerprint density at radius 2 is 2.12 bits per heavy atom. The van der Waals surface area contributed by atoms with Gasteiger partial charge in [0, 0.05) is 36.5 Å². The van der Waals surface area contributed by atoms with E-state index in [1.165, 1.54) is 6.92 Å². The Balaban J connectivity index is 1.68. The van der Waals surface area contributed by atoms with Crippen LogP contribution in [0.1, 0.15) is 46.0 Å². The molecular formula is C19H22N4O2. The molecule has 1 aliphatic rings. The number of benzene rings is 1. The molecule has 6 nitrogen and oxygen atoms in total. The van der Waals surface area contributed by atoms with Crippen molar-refractivity contribution in [2.45, 2.75) is 32.7 Å². The largest absolute Gasteiger partial charge is 0.353 e. The highest BCUT2D eigenvalue weighted by Gasteiger charge is 2.23. The van der Waals surface area contributed by atoms with E-state index in [-0.39, 0.29) is 17.7 Å². The Morgan fingerprint density at radius 1 is 1.28 bits per heavy atom. The van der Waals surface area contributed by atoms with Gasteiger partial charge in [-0.1, -0.05) is 6.07 Å². The monoisotopic (exact) mass is 338 g/mol. The molecular weight excluding hydrogens is 316 g/mol. The molecule has 1 aromatic carbocycles. The molecule has 3 rings (SSSR count). The Bertz CT molecular complexity index is 776. The quantitative estimate of drug-likeness (QED) is 0.867. The van der Waals surface area contributed by atoms with Crippen LogP contribution < -0.4 is 10.2 Å². The summed E-state index contributed by atoms with van der Waals surface area (Å²) in [7, 11) is 0. The van der Waals surface area contributed by atoms with E-state index < -0.39 is 0 Å². The molecule has 1 aromatic heterocycles. The van der Waals surface area contributed by atoms with Crippen molar-refractivity contribution in [1.82, 2.24) is 15.5 Å². The van der Waals surface area contributed by atoms with Crippen LogP contribution in [0, 0.1) is 6.92 Å². The fourth-order valence-electron chi connectivity index (χ4n) is 3.18. The highest BCUT2D eigenvalue weighted by atomic mass is 16.1. The molecule has 0 aliphatic carbocycles. The molecule has 0 radical (unpaired) electrons. The van der Waals surface area contributed by atoms with Crippen LogP contribution >= 0.6 is 0 Å². The standard InChI is InChI=1S/C19H22N4O2/c1-13-7-8-15(11-17(13)14(2)24)19(25)21-16-5-4-10-23(12-16)18-6-3-9-20-22-18/h3,6-9,11,16H,4-5,10,12H2,1-2H3,(H,21,25)/t16-/m0/s1. The van der Waals surface area contributed by atoms with Crippen molar-refractivity contribution < 1.29 is 9.59 Å². The van der Waals surface area contributed by atoms with Gasteiger partial charge >= 0.3 is 0 Å². The van der Waals surface area contributed by atoms with Crippen molar-refractivity contribution in [1.29, 1.82) is 0 Å². The highest BCUT2D eigenvalue weighted by molar-refractivity contribution is 6.00. The maximum atomic E-state index is 12.6. The number of carbonyl (C=O) groups is 2. The summed E-state index contributed by atoms with van der Waals surface area (Å²) in [6.07, 6.45) is 3.55. The van der Waals surface area contributed by atoms with E-state index in [9.17, 15) is 9.59 Å². The summed E-state index contributed by atoms with van der Waals surface area (Å²) in [6, 6.07) is 9.09. The number of aryl methyl sites for hydroxylation is 1. The number of amides is 1. The number of ketones is 1. The Hall–Kier alpha value is -2.76. The molecule has 1 N–H and O–H groups in total. The average Bonchev–Trinajstić information content (AvgIpc) is 2.62. The second-order valence-electron chi connectivity index (χ2n) is 6.43. The molecule has 25 heavy (non-hydrogen) atoms. The van der Waals surface area contributed by atoms with Gasteiger partial charge in [0.1, 0.15) is 0 Å². The molecule has 1 amide bonds. The topological polar surface area (TPSA) is 75.2 Å².